The maximum Gasteiger partial charge on any atom is 0.339 e. The lowest BCUT2D eigenvalue weighted by atomic mass is 10.0. The number of rotatable bonds is 6. The molecule has 0 saturated heterocycles. The molecule has 1 heterocycles. The van der Waals surface area contributed by atoms with Gasteiger partial charge in [-0.15, -0.1) is 0 Å². The topological polar surface area (TPSA) is 65.5 Å². The van der Waals surface area contributed by atoms with Gasteiger partial charge in [-0.05, 0) is 38.6 Å². The van der Waals surface area contributed by atoms with Crippen molar-refractivity contribution < 1.29 is 9.90 Å². The second-order valence-corrected chi connectivity index (χ2v) is 5.41. The average Bonchev–Trinajstić information content (AvgIpc) is 2.26. The van der Waals surface area contributed by atoms with Crippen LogP contribution in [0.15, 0.2) is 12.3 Å². The minimum absolute atomic E-state index is 0.155. The highest BCUT2D eigenvalue weighted by Gasteiger charge is 2.20. The minimum Gasteiger partial charge on any atom is -0.478 e. The number of carboxylic acids is 1. The quantitative estimate of drug-likeness (QED) is 0.824. The lowest BCUT2D eigenvalue weighted by molar-refractivity contribution is 0.0696. The van der Waals surface area contributed by atoms with Gasteiger partial charge < -0.3 is 15.3 Å². The van der Waals surface area contributed by atoms with Gasteiger partial charge in [0, 0.05) is 18.8 Å². The number of hydrogen-bond acceptors (Lipinski definition) is 4. The lowest BCUT2D eigenvalue weighted by Crippen LogP contribution is -2.37. The zero-order valence-electron chi connectivity index (χ0n) is 12.3. The van der Waals surface area contributed by atoms with Gasteiger partial charge in [-0.1, -0.05) is 13.8 Å². The molecule has 0 aliphatic heterocycles. The van der Waals surface area contributed by atoms with Gasteiger partial charge in [0.2, 0.25) is 0 Å². The van der Waals surface area contributed by atoms with Crippen molar-refractivity contribution >= 4 is 11.8 Å². The van der Waals surface area contributed by atoms with Crippen LogP contribution in [0, 0.1) is 12.8 Å². The summed E-state index contributed by atoms with van der Waals surface area (Å²) in [6, 6.07) is 1.87. The number of aryl methyl sites for hydroxylation is 1. The molecule has 19 heavy (non-hydrogen) atoms. The fraction of sp³-hybridized carbons (Fsp3) is 0.571. The molecular formula is C14H23N3O2. The van der Waals surface area contributed by atoms with E-state index in [1.807, 2.05) is 14.1 Å². The molecule has 0 aromatic carbocycles. The van der Waals surface area contributed by atoms with Gasteiger partial charge in [-0.2, -0.15) is 0 Å². The Kier molecular flexibility index (Phi) is 5.30. The van der Waals surface area contributed by atoms with E-state index in [2.05, 4.69) is 29.0 Å². The van der Waals surface area contributed by atoms with Gasteiger partial charge in [0.25, 0.3) is 0 Å². The van der Waals surface area contributed by atoms with Crippen LogP contribution in [0.25, 0.3) is 0 Å². The summed E-state index contributed by atoms with van der Waals surface area (Å²) in [4.78, 5) is 17.6. The molecule has 1 atom stereocenters. The van der Waals surface area contributed by atoms with Gasteiger partial charge in [-0.3, -0.25) is 0 Å². The SMILES string of the molecule is Cc1ccnc(NC(CN(C)C)C(C)C)c1C(=O)O. The van der Waals surface area contributed by atoms with E-state index >= 15 is 0 Å². The first-order chi connectivity index (χ1) is 8.82. The van der Waals surface area contributed by atoms with Crippen molar-refractivity contribution in [3.05, 3.63) is 23.4 Å². The van der Waals surface area contributed by atoms with Crippen LogP contribution in [0.2, 0.25) is 0 Å². The van der Waals surface area contributed by atoms with E-state index in [-0.39, 0.29) is 11.6 Å². The molecule has 5 nitrogen and oxygen atoms in total. The summed E-state index contributed by atoms with van der Waals surface area (Å²) in [5, 5.41) is 12.6. The zero-order chi connectivity index (χ0) is 14.6. The van der Waals surface area contributed by atoms with Crippen LogP contribution in [0.5, 0.6) is 0 Å². The van der Waals surface area contributed by atoms with E-state index in [4.69, 9.17) is 0 Å². The summed E-state index contributed by atoms with van der Waals surface area (Å²) in [5.41, 5.74) is 0.976. The summed E-state index contributed by atoms with van der Waals surface area (Å²) in [6.45, 7) is 6.83. The standard InChI is InChI=1S/C14H23N3O2/c1-9(2)11(8-17(4)5)16-13-12(14(18)19)10(3)6-7-15-13/h6-7,9,11H,8H2,1-5H3,(H,15,16)(H,18,19). The highest BCUT2D eigenvalue weighted by atomic mass is 16.4. The molecule has 0 amide bonds. The Bertz CT molecular complexity index is 444. The molecule has 0 aliphatic carbocycles. The third-order valence-electron chi connectivity index (χ3n) is 3.06. The van der Waals surface area contributed by atoms with Crippen molar-refractivity contribution in [3.8, 4) is 0 Å². The van der Waals surface area contributed by atoms with Crippen molar-refractivity contribution in [1.29, 1.82) is 0 Å². The molecule has 0 saturated carbocycles. The third-order valence-corrected chi connectivity index (χ3v) is 3.06. The number of aromatic carboxylic acids is 1. The Morgan fingerprint density at radius 3 is 2.58 bits per heavy atom. The molecule has 0 bridgehead atoms. The highest BCUT2D eigenvalue weighted by Crippen LogP contribution is 2.19. The lowest BCUT2D eigenvalue weighted by Gasteiger charge is -2.26. The first-order valence-electron chi connectivity index (χ1n) is 6.43. The van der Waals surface area contributed by atoms with Crippen LogP contribution < -0.4 is 5.32 Å². The van der Waals surface area contributed by atoms with Crippen LogP contribution in [-0.4, -0.2) is 47.6 Å². The van der Waals surface area contributed by atoms with E-state index in [1.54, 1.807) is 19.2 Å². The molecule has 2 N–H and O–H groups in total. The Morgan fingerprint density at radius 2 is 2.11 bits per heavy atom. The third kappa shape index (κ3) is 4.21. The number of nitrogens with one attached hydrogen (secondary N) is 1. The van der Waals surface area contributed by atoms with Gasteiger partial charge in [-0.25, -0.2) is 9.78 Å². The number of pyridine rings is 1. The smallest absolute Gasteiger partial charge is 0.339 e. The van der Waals surface area contributed by atoms with Gasteiger partial charge in [0.1, 0.15) is 11.4 Å². The van der Waals surface area contributed by atoms with E-state index in [9.17, 15) is 9.90 Å². The number of carbonyl (C=O) groups is 1. The number of anilines is 1. The molecule has 5 heteroatoms. The van der Waals surface area contributed by atoms with Crippen molar-refractivity contribution in [2.24, 2.45) is 5.92 Å². The minimum atomic E-state index is -0.944. The average molecular weight is 265 g/mol. The van der Waals surface area contributed by atoms with Crippen LogP contribution >= 0.6 is 0 Å². The number of aromatic nitrogens is 1. The second kappa shape index (κ2) is 6.52. The molecule has 1 unspecified atom stereocenters. The van der Waals surface area contributed by atoms with E-state index in [0.717, 1.165) is 12.1 Å². The van der Waals surface area contributed by atoms with Crippen LogP contribution in [0.4, 0.5) is 5.82 Å². The molecule has 0 fully saturated rings. The Labute approximate surface area is 114 Å². The van der Waals surface area contributed by atoms with Crippen molar-refractivity contribution in [3.63, 3.8) is 0 Å². The van der Waals surface area contributed by atoms with Gasteiger partial charge >= 0.3 is 5.97 Å². The normalized spacial score (nSPS) is 12.8. The van der Waals surface area contributed by atoms with Gasteiger partial charge in [0.15, 0.2) is 0 Å². The number of likely N-dealkylation sites (N-methyl/N-ethyl adjacent to an activating group) is 1. The molecule has 1 rings (SSSR count). The van der Waals surface area contributed by atoms with Crippen molar-refractivity contribution in [1.82, 2.24) is 9.88 Å². The highest BCUT2D eigenvalue weighted by molar-refractivity contribution is 5.94. The summed E-state index contributed by atoms with van der Waals surface area (Å²) >= 11 is 0. The Morgan fingerprint density at radius 1 is 1.47 bits per heavy atom. The molecule has 1 aromatic heterocycles. The van der Waals surface area contributed by atoms with E-state index < -0.39 is 5.97 Å². The summed E-state index contributed by atoms with van der Waals surface area (Å²) in [6.07, 6.45) is 1.64. The maximum atomic E-state index is 11.3. The molecule has 0 spiro atoms. The Balaban J connectivity index is 3.02. The number of carboxylic acid groups (broad SMARTS) is 1. The fourth-order valence-electron chi connectivity index (χ4n) is 1.93. The summed E-state index contributed by atoms with van der Waals surface area (Å²) < 4.78 is 0. The van der Waals surface area contributed by atoms with E-state index in [1.165, 1.54) is 0 Å². The molecule has 0 aliphatic rings. The molecule has 0 radical (unpaired) electrons. The monoisotopic (exact) mass is 265 g/mol. The number of hydrogen-bond donors (Lipinski definition) is 2. The van der Waals surface area contributed by atoms with Crippen LogP contribution in [0.1, 0.15) is 29.8 Å². The first kappa shape index (κ1) is 15.4. The first-order valence-corrected chi connectivity index (χ1v) is 6.43. The van der Waals surface area contributed by atoms with Crippen LogP contribution in [-0.2, 0) is 0 Å². The van der Waals surface area contributed by atoms with Gasteiger partial charge in [0.05, 0.1) is 0 Å². The second-order valence-electron chi connectivity index (χ2n) is 5.41. The summed E-state index contributed by atoms with van der Waals surface area (Å²) in [5.74, 6) is -0.111. The predicted molar refractivity (Wildman–Crippen MR) is 76.7 cm³/mol. The molecule has 106 valence electrons. The fourth-order valence-corrected chi connectivity index (χ4v) is 1.93. The van der Waals surface area contributed by atoms with Crippen LogP contribution in [0.3, 0.4) is 0 Å². The predicted octanol–water partition coefficient (Wildman–Crippen LogP) is 2.09. The largest absolute Gasteiger partial charge is 0.478 e. The molecule has 1 aromatic rings. The molecular weight excluding hydrogens is 242 g/mol. The summed E-state index contributed by atoms with van der Waals surface area (Å²) in [7, 11) is 4.00. The Hall–Kier alpha value is -1.62. The zero-order valence-corrected chi connectivity index (χ0v) is 12.3. The van der Waals surface area contributed by atoms with Crippen molar-refractivity contribution in [2.75, 3.05) is 26.0 Å². The maximum absolute atomic E-state index is 11.3. The van der Waals surface area contributed by atoms with Crippen molar-refractivity contribution in [2.45, 2.75) is 26.8 Å². The number of nitrogens with zero attached hydrogens (tertiary/aromatic N) is 2. The van der Waals surface area contributed by atoms with E-state index in [0.29, 0.717) is 11.7 Å².